The molecule has 9 heteroatoms. The fraction of sp³-hybridized carbons (Fsp3) is 0.125. The molecule has 0 bridgehead atoms. The Morgan fingerprint density at radius 1 is 0.939 bits per heavy atom. The number of carbonyl (C=O) groups is 3. The molecule has 166 valence electrons. The molecule has 0 aliphatic carbocycles. The van der Waals surface area contributed by atoms with E-state index >= 15 is 0 Å². The number of carbonyl (C=O) groups excluding carboxylic acids is 3. The van der Waals surface area contributed by atoms with Gasteiger partial charge in [0.05, 0.1) is 29.7 Å². The Balaban J connectivity index is 1.50. The van der Waals surface area contributed by atoms with Crippen LogP contribution in [0.5, 0.6) is 5.75 Å². The number of methoxy groups -OCH3 is 1. The van der Waals surface area contributed by atoms with Crippen molar-refractivity contribution in [2.24, 2.45) is 0 Å². The molecule has 0 spiro atoms. The third-order valence-electron chi connectivity index (χ3n) is 5.22. The highest BCUT2D eigenvalue weighted by molar-refractivity contribution is 6.21. The first-order chi connectivity index (χ1) is 15.9. The number of esters is 1. The minimum Gasteiger partial charge on any atom is -0.496 e. The van der Waals surface area contributed by atoms with E-state index < -0.39 is 22.7 Å². The number of ether oxygens (including phenoxy) is 2. The summed E-state index contributed by atoms with van der Waals surface area (Å²) in [7, 11) is 1.41. The van der Waals surface area contributed by atoms with Crippen LogP contribution < -0.4 is 4.74 Å². The Kier molecular flexibility index (Phi) is 5.86. The van der Waals surface area contributed by atoms with Gasteiger partial charge in [0.15, 0.2) is 0 Å². The fourth-order valence-corrected chi connectivity index (χ4v) is 3.52. The number of nitrogens with zero attached hydrogens (tertiary/aromatic N) is 2. The van der Waals surface area contributed by atoms with E-state index in [1.54, 1.807) is 36.4 Å². The third-order valence-corrected chi connectivity index (χ3v) is 5.22. The molecular formula is C24H18N2O7. The number of nitro benzene ring substituents is 1. The van der Waals surface area contributed by atoms with Crippen LogP contribution in [0.1, 0.15) is 42.2 Å². The molecule has 0 N–H and O–H groups in total. The van der Waals surface area contributed by atoms with Gasteiger partial charge in [0.2, 0.25) is 0 Å². The first-order valence-electron chi connectivity index (χ1n) is 9.91. The summed E-state index contributed by atoms with van der Waals surface area (Å²) >= 11 is 0. The van der Waals surface area contributed by atoms with Gasteiger partial charge >= 0.3 is 5.97 Å². The van der Waals surface area contributed by atoms with Crippen LogP contribution in [-0.2, 0) is 17.9 Å². The molecule has 1 aliphatic heterocycles. The smallest absolute Gasteiger partial charge is 0.342 e. The summed E-state index contributed by atoms with van der Waals surface area (Å²) in [4.78, 5) is 49.3. The van der Waals surface area contributed by atoms with Crippen molar-refractivity contribution in [3.63, 3.8) is 0 Å². The number of benzene rings is 3. The zero-order chi connectivity index (χ0) is 23.5. The maximum atomic E-state index is 12.7. The highest BCUT2D eigenvalue weighted by Crippen LogP contribution is 2.27. The number of hydrogen-bond acceptors (Lipinski definition) is 7. The van der Waals surface area contributed by atoms with Crippen molar-refractivity contribution in [3.05, 3.63) is 105 Å². The first kappa shape index (κ1) is 21.7. The lowest BCUT2D eigenvalue weighted by molar-refractivity contribution is -0.384. The van der Waals surface area contributed by atoms with Crippen molar-refractivity contribution in [1.29, 1.82) is 0 Å². The van der Waals surface area contributed by atoms with E-state index in [0.29, 0.717) is 22.3 Å². The van der Waals surface area contributed by atoms with Crippen LogP contribution >= 0.6 is 0 Å². The van der Waals surface area contributed by atoms with Crippen molar-refractivity contribution in [2.75, 3.05) is 7.11 Å². The van der Waals surface area contributed by atoms with Gasteiger partial charge in [0.25, 0.3) is 17.5 Å². The minimum absolute atomic E-state index is 0.0149. The molecule has 33 heavy (non-hydrogen) atoms. The highest BCUT2D eigenvalue weighted by Gasteiger charge is 2.35. The number of nitro groups is 1. The van der Waals surface area contributed by atoms with Gasteiger partial charge in [-0.2, -0.15) is 0 Å². The Bertz CT molecular complexity index is 1230. The van der Waals surface area contributed by atoms with Gasteiger partial charge in [-0.15, -0.1) is 0 Å². The van der Waals surface area contributed by atoms with E-state index in [1.165, 1.54) is 37.4 Å². The van der Waals surface area contributed by atoms with Crippen molar-refractivity contribution in [2.45, 2.75) is 13.2 Å². The lowest BCUT2D eigenvalue weighted by atomic mass is 10.1. The molecule has 9 nitrogen and oxygen atoms in total. The Labute approximate surface area is 188 Å². The number of hydrogen-bond donors (Lipinski definition) is 0. The topological polar surface area (TPSA) is 116 Å². The second kappa shape index (κ2) is 8.91. The van der Waals surface area contributed by atoms with Crippen LogP contribution in [0.2, 0.25) is 0 Å². The van der Waals surface area contributed by atoms with E-state index in [9.17, 15) is 24.5 Å². The minimum atomic E-state index is -0.672. The van der Waals surface area contributed by atoms with Crippen LogP contribution in [0.25, 0.3) is 0 Å². The molecule has 3 aromatic carbocycles. The van der Waals surface area contributed by atoms with Crippen molar-refractivity contribution < 1.29 is 28.8 Å². The maximum Gasteiger partial charge on any atom is 0.342 e. The molecule has 0 radical (unpaired) electrons. The summed E-state index contributed by atoms with van der Waals surface area (Å²) in [6, 6.07) is 17.0. The summed E-state index contributed by atoms with van der Waals surface area (Å²) in [6.07, 6.45) is 0. The molecule has 4 rings (SSSR count). The molecule has 0 fully saturated rings. The molecule has 0 unspecified atom stereocenters. The molecule has 3 aromatic rings. The van der Waals surface area contributed by atoms with E-state index in [4.69, 9.17) is 9.47 Å². The zero-order valence-electron chi connectivity index (χ0n) is 17.5. The van der Waals surface area contributed by atoms with Crippen LogP contribution in [0.3, 0.4) is 0 Å². The summed E-state index contributed by atoms with van der Waals surface area (Å²) in [5.74, 6) is -1.19. The average molecular weight is 446 g/mol. The lowest BCUT2D eigenvalue weighted by Gasteiger charge is -2.16. The molecule has 1 aliphatic rings. The SMILES string of the molecule is COc1ccc(CN2C(=O)c3ccccc3C2=O)cc1C(=O)OCc1ccc([N+](=O)[O-])cc1. The summed E-state index contributed by atoms with van der Waals surface area (Å²) < 4.78 is 10.6. The standard InChI is InChI=1S/C24H18N2O7/c1-32-21-11-8-16(13-25-22(27)18-4-2-3-5-19(18)23(25)28)12-20(21)24(29)33-14-15-6-9-17(10-7-15)26(30)31/h2-12H,13-14H2,1H3. The molecular weight excluding hydrogens is 428 g/mol. The summed E-state index contributed by atoms with van der Waals surface area (Å²) in [5.41, 5.74) is 1.89. The average Bonchev–Trinajstić information content (AvgIpc) is 3.07. The zero-order valence-corrected chi connectivity index (χ0v) is 17.5. The number of amides is 2. The number of non-ortho nitro benzene ring substituents is 1. The van der Waals surface area contributed by atoms with E-state index in [2.05, 4.69) is 0 Å². The van der Waals surface area contributed by atoms with Crippen molar-refractivity contribution in [3.8, 4) is 5.75 Å². The summed E-state index contributed by atoms with van der Waals surface area (Å²) in [5, 5.41) is 10.8. The van der Waals surface area contributed by atoms with Gasteiger partial charge in [0, 0.05) is 12.1 Å². The molecule has 2 amide bonds. The highest BCUT2D eigenvalue weighted by atomic mass is 16.6. The maximum absolute atomic E-state index is 12.7. The Hall–Kier alpha value is -4.53. The van der Waals surface area contributed by atoms with Crippen LogP contribution in [0.4, 0.5) is 5.69 Å². The Morgan fingerprint density at radius 3 is 2.12 bits per heavy atom. The second-order valence-corrected chi connectivity index (χ2v) is 7.28. The molecule has 1 heterocycles. The second-order valence-electron chi connectivity index (χ2n) is 7.28. The van der Waals surface area contributed by atoms with Gasteiger partial charge in [-0.1, -0.05) is 18.2 Å². The molecule has 0 aromatic heterocycles. The van der Waals surface area contributed by atoms with E-state index in [1.807, 2.05) is 0 Å². The molecule has 0 atom stereocenters. The van der Waals surface area contributed by atoms with Crippen molar-refractivity contribution in [1.82, 2.24) is 4.90 Å². The van der Waals surface area contributed by atoms with Crippen LogP contribution in [-0.4, -0.2) is 34.7 Å². The number of imide groups is 1. The molecule has 0 saturated heterocycles. The number of rotatable bonds is 7. The van der Waals surface area contributed by atoms with Crippen molar-refractivity contribution >= 4 is 23.5 Å². The largest absolute Gasteiger partial charge is 0.496 e. The predicted octanol–water partition coefficient (Wildman–Crippen LogP) is 3.76. The van der Waals surface area contributed by atoms with Gasteiger partial charge in [-0.3, -0.25) is 24.6 Å². The van der Waals surface area contributed by atoms with Gasteiger partial charge in [-0.05, 0) is 47.5 Å². The van der Waals surface area contributed by atoms with Gasteiger partial charge < -0.3 is 9.47 Å². The normalized spacial score (nSPS) is 12.5. The van der Waals surface area contributed by atoms with Crippen LogP contribution in [0.15, 0.2) is 66.7 Å². The van der Waals surface area contributed by atoms with Gasteiger partial charge in [-0.25, -0.2) is 4.79 Å². The monoisotopic (exact) mass is 446 g/mol. The first-order valence-corrected chi connectivity index (χ1v) is 9.91. The molecule has 0 saturated carbocycles. The number of fused-ring (bicyclic) bond motifs is 1. The lowest BCUT2D eigenvalue weighted by Crippen LogP contribution is -2.29. The van der Waals surface area contributed by atoms with E-state index in [-0.39, 0.29) is 30.2 Å². The predicted molar refractivity (Wildman–Crippen MR) is 116 cm³/mol. The van der Waals surface area contributed by atoms with Gasteiger partial charge in [0.1, 0.15) is 17.9 Å². The Morgan fingerprint density at radius 2 is 1.55 bits per heavy atom. The van der Waals surface area contributed by atoms with Crippen LogP contribution in [0, 0.1) is 10.1 Å². The quantitative estimate of drug-likeness (QED) is 0.235. The third kappa shape index (κ3) is 4.29. The fourth-order valence-electron chi connectivity index (χ4n) is 3.52. The summed E-state index contributed by atoms with van der Waals surface area (Å²) in [6.45, 7) is -0.110. The van der Waals surface area contributed by atoms with E-state index in [0.717, 1.165) is 4.90 Å².